The Morgan fingerprint density at radius 2 is 1.85 bits per heavy atom. The van der Waals surface area contributed by atoms with Crippen molar-refractivity contribution in [1.29, 1.82) is 0 Å². The Morgan fingerprint density at radius 3 is 2.58 bits per heavy atom. The van der Waals surface area contributed by atoms with E-state index in [4.69, 9.17) is 9.47 Å². The Bertz CT molecular complexity index is 956. The standard InChI is InChI=1S/C19H17N3O3S/c1-24-14-9-8-13(10-15(14)25-2)16-11-17(23)22-19(26-16)20-18(21-22)12-6-4-3-5-7-12/h3-10,16H,11H2,1-2H3/t16-/m0/s1. The maximum atomic E-state index is 12.6. The molecule has 0 fully saturated rings. The lowest BCUT2D eigenvalue weighted by Gasteiger charge is -2.21. The molecule has 3 aromatic rings. The molecule has 26 heavy (non-hydrogen) atoms. The van der Waals surface area contributed by atoms with E-state index in [1.54, 1.807) is 14.2 Å². The van der Waals surface area contributed by atoms with Gasteiger partial charge in [-0.25, -0.2) is 4.98 Å². The average molecular weight is 367 g/mol. The van der Waals surface area contributed by atoms with Crippen LogP contribution in [0, 0.1) is 0 Å². The number of carbonyl (C=O) groups excluding carboxylic acids is 1. The minimum atomic E-state index is -0.0618. The molecule has 132 valence electrons. The van der Waals surface area contributed by atoms with Crippen LogP contribution < -0.4 is 9.47 Å². The molecule has 0 spiro atoms. The Balaban J connectivity index is 1.66. The van der Waals surface area contributed by atoms with Gasteiger partial charge in [-0.15, -0.1) is 5.10 Å². The van der Waals surface area contributed by atoms with Gasteiger partial charge in [-0.2, -0.15) is 4.68 Å². The molecule has 0 radical (unpaired) electrons. The van der Waals surface area contributed by atoms with E-state index in [9.17, 15) is 4.79 Å². The highest BCUT2D eigenvalue weighted by molar-refractivity contribution is 7.99. The fraction of sp³-hybridized carbons (Fsp3) is 0.211. The number of hydrogen-bond acceptors (Lipinski definition) is 6. The molecule has 0 amide bonds. The smallest absolute Gasteiger partial charge is 0.250 e. The minimum Gasteiger partial charge on any atom is -0.493 e. The van der Waals surface area contributed by atoms with Gasteiger partial charge in [0.2, 0.25) is 0 Å². The van der Waals surface area contributed by atoms with Crippen LogP contribution in [-0.4, -0.2) is 34.9 Å². The normalized spacial score (nSPS) is 16.2. The SMILES string of the molecule is COc1ccc([C@@H]2CC(=O)n3nc(-c4ccccc4)nc3S2)cc1OC. The summed E-state index contributed by atoms with van der Waals surface area (Å²) in [6.45, 7) is 0. The van der Waals surface area contributed by atoms with Crippen LogP contribution in [-0.2, 0) is 0 Å². The zero-order valence-electron chi connectivity index (χ0n) is 14.4. The second-order valence-corrected chi connectivity index (χ2v) is 6.98. The Labute approximate surface area is 155 Å². The van der Waals surface area contributed by atoms with Crippen LogP contribution in [0.15, 0.2) is 53.7 Å². The zero-order valence-corrected chi connectivity index (χ0v) is 15.2. The first-order valence-corrected chi connectivity index (χ1v) is 9.02. The van der Waals surface area contributed by atoms with Gasteiger partial charge in [0.25, 0.3) is 5.91 Å². The zero-order chi connectivity index (χ0) is 18.1. The van der Waals surface area contributed by atoms with Crippen molar-refractivity contribution in [3.05, 3.63) is 54.1 Å². The van der Waals surface area contributed by atoms with Crippen molar-refractivity contribution in [2.24, 2.45) is 0 Å². The van der Waals surface area contributed by atoms with Crippen molar-refractivity contribution < 1.29 is 14.3 Å². The molecule has 1 aliphatic rings. The van der Waals surface area contributed by atoms with Crippen LogP contribution in [0.1, 0.15) is 22.0 Å². The van der Waals surface area contributed by atoms with Crippen molar-refractivity contribution in [2.75, 3.05) is 14.2 Å². The van der Waals surface area contributed by atoms with E-state index in [0.717, 1.165) is 11.1 Å². The molecular formula is C19H17N3O3S. The van der Waals surface area contributed by atoms with E-state index in [-0.39, 0.29) is 11.2 Å². The van der Waals surface area contributed by atoms with Gasteiger partial charge >= 0.3 is 0 Å². The fourth-order valence-corrected chi connectivity index (χ4v) is 4.04. The molecule has 0 unspecified atom stereocenters. The molecule has 0 aliphatic carbocycles. The van der Waals surface area contributed by atoms with E-state index < -0.39 is 0 Å². The van der Waals surface area contributed by atoms with Crippen molar-refractivity contribution in [2.45, 2.75) is 16.8 Å². The van der Waals surface area contributed by atoms with Gasteiger partial charge in [-0.1, -0.05) is 48.2 Å². The molecule has 1 aromatic heterocycles. The first-order valence-electron chi connectivity index (χ1n) is 8.14. The molecule has 1 atom stereocenters. The van der Waals surface area contributed by atoms with E-state index in [2.05, 4.69) is 10.1 Å². The maximum absolute atomic E-state index is 12.6. The number of nitrogens with zero attached hydrogens (tertiary/aromatic N) is 3. The van der Waals surface area contributed by atoms with Gasteiger partial charge in [0.05, 0.1) is 14.2 Å². The monoisotopic (exact) mass is 367 g/mol. The van der Waals surface area contributed by atoms with Crippen molar-refractivity contribution in [3.8, 4) is 22.9 Å². The largest absolute Gasteiger partial charge is 0.493 e. The molecule has 0 saturated heterocycles. The first-order chi connectivity index (χ1) is 12.7. The number of thioether (sulfide) groups is 1. The second kappa shape index (κ2) is 6.84. The minimum absolute atomic E-state index is 0.0392. The number of methoxy groups -OCH3 is 2. The number of fused-ring (bicyclic) bond motifs is 1. The summed E-state index contributed by atoms with van der Waals surface area (Å²) in [6, 6.07) is 15.4. The highest BCUT2D eigenvalue weighted by Gasteiger charge is 2.30. The van der Waals surface area contributed by atoms with E-state index in [0.29, 0.717) is 28.9 Å². The molecule has 0 bridgehead atoms. The van der Waals surface area contributed by atoms with Crippen LogP contribution in [0.25, 0.3) is 11.4 Å². The summed E-state index contributed by atoms with van der Waals surface area (Å²) < 4.78 is 12.1. The molecule has 0 N–H and O–H groups in total. The van der Waals surface area contributed by atoms with Gasteiger partial charge in [-0.3, -0.25) is 4.79 Å². The van der Waals surface area contributed by atoms with Crippen LogP contribution in [0.4, 0.5) is 0 Å². The third-order valence-electron chi connectivity index (χ3n) is 4.23. The van der Waals surface area contributed by atoms with Gasteiger partial charge in [0, 0.05) is 17.2 Å². The molecule has 2 heterocycles. The number of ether oxygens (including phenoxy) is 2. The molecular weight excluding hydrogens is 350 g/mol. The fourth-order valence-electron chi connectivity index (χ4n) is 2.90. The quantitative estimate of drug-likeness (QED) is 0.698. The van der Waals surface area contributed by atoms with Gasteiger partial charge in [-0.05, 0) is 17.7 Å². The summed E-state index contributed by atoms with van der Waals surface area (Å²) in [5, 5.41) is 4.95. The Hall–Kier alpha value is -2.80. The van der Waals surface area contributed by atoms with Gasteiger partial charge < -0.3 is 9.47 Å². The number of rotatable bonds is 4. The summed E-state index contributed by atoms with van der Waals surface area (Å²) in [7, 11) is 3.20. The third-order valence-corrected chi connectivity index (χ3v) is 5.43. The molecule has 0 saturated carbocycles. The summed E-state index contributed by atoms with van der Waals surface area (Å²) >= 11 is 1.53. The summed E-state index contributed by atoms with van der Waals surface area (Å²) in [6.07, 6.45) is 0.352. The molecule has 2 aromatic carbocycles. The molecule has 4 rings (SSSR count). The molecule has 1 aliphatic heterocycles. The lowest BCUT2D eigenvalue weighted by atomic mass is 10.1. The summed E-state index contributed by atoms with van der Waals surface area (Å²) in [4.78, 5) is 17.1. The number of hydrogen-bond donors (Lipinski definition) is 0. The van der Waals surface area contributed by atoms with Gasteiger partial charge in [0.1, 0.15) is 0 Å². The topological polar surface area (TPSA) is 66.2 Å². The van der Waals surface area contributed by atoms with Crippen molar-refractivity contribution in [3.63, 3.8) is 0 Å². The highest BCUT2D eigenvalue weighted by Crippen LogP contribution is 2.43. The number of carbonyl (C=O) groups is 1. The second-order valence-electron chi connectivity index (χ2n) is 5.81. The van der Waals surface area contributed by atoms with E-state index in [1.165, 1.54) is 16.4 Å². The van der Waals surface area contributed by atoms with Crippen molar-refractivity contribution >= 4 is 17.7 Å². The third kappa shape index (κ3) is 2.94. The Morgan fingerprint density at radius 1 is 1.08 bits per heavy atom. The number of benzene rings is 2. The van der Waals surface area contributed by atoms with Gasteiger partial charge in [0.15, 0.2) is 22.5 Å². The summed E-state index contributed by atoms with van der Waals surface area (Å²) in [5.41, 5.74) is 1.89. The molecule has 7 heteroatoms. The van der Waals surface area contributed by atoms with Crippen LogP contribution >= 0.6 is 11.8 Å². The van der Waals surface area contributed by atoms with E-state index in [1.807, 2.05) is 48.5 Å². The van der Waals surface area contributed by atoms with Crippen LogP contribution in [0.5, 0.6) is 11.5 Å². The number of aromatic nitrogens is 3. The first kappa shape index (κ1) is 16.7. The average Bonchev–Trinajstić information content (AvgIpc) is 3.13. The highest BCUT2D eigenvalue weighted by atomic mass is 32.2. The lowest BCUT2D eigenvalue weighted by molar-refractivity contribution is 0.0868. The lowest BCUT2D eigenvalue weighted by Crippen LogP contribution is -2.21. The predicted octanol–water partition coefficient (Wildman–Crippen LogP) is 3.84. The van der Waals surface area contributed by atoms with Crippen molar-refractivity contribution in [1.82, 2.24) is 14.8 Å². The maximum Gasteiger partial charge on any atom is 0.250 e. The summed E-state index contributed by atoms with van der Waals surface area (Å²) in [5.74, 6) is 1.82. The van der Waals surface area contributed by atoms with E-state index >= 15 is 0 Å². The van der Waals surface area contributed by atoms with Crippen LogP contribution in [0.2, 0.25) is 0 Å². The predicted molar refractivity (Wildman–Crippen MR) is 98.8 cm³/mol. The molecule has 6 nitrogen and oxygen atoms in total. The van der Waals surface area contributed by atoms with Crippen LogP contribution in [0.3, 0.4) is 0 Å². The Kier molecular flexibility index (Phi) is 4.38.